The summed E-state index contributed by atoms with van der Waals surface area (Å²) in [5, 5.41) is 9.48. The van der Waals surface area contributed by atoms with Crippen molar-refractivity contribution in [3.8, 4) is 5.75 Å². The van der Waals surface area contributed by atoms with Gasteiger partial charge < -0.3 is 9.84 Å². The standard InChI is InChI=1S/C13H17FO2/c1-9(2)6-7-16-13-5-4-11(14)8-12(13)10(3)15/h4-6,8,10,15H,7H2,1-3H3/t10-/m1/s1. The van der Waals surface area contributed by atoms with Crippen molar-refractivity contribution in [1.29, 1.82) is 0 Å². The Labute approximate surface area is 95.4 Å². The normalized spacial score (nSPS) is 12.1. The summed E-state index contributed by atoms with van der Waals surface area (Å²) in [6, 6.07) is 4.16. The van der Waals surface area contributed by atoms with Gasteiger partial charge in [-0.25, -0.2) is 4.39 Å². The lowest BCUT2D eigenvalue weighted by Crippen LogP contribution is -2.01. The first kappa shape index (κ1) is 12.7. The number of ether oxygens (including phenoxy) is 1. The van der Waals surface area contributed by atoms with Crippen LogP contribution in [0.2, 0.25) is 0 Å². The summed E-state index contributed by atoms with van der Waals surface area (Å²) in [6.07, 6.45) is 1.19. The van der Waals surface area contributed by atoms with E-state index in [1.165, 1.54) is 18.2 Å². The zero-order valence-electron chi connectivity index (χ0n) is 9.83. The van der Waals surface area contributed by atoms with Crippen LogP contribution >= 0.6 is 0 Å². The van der Waals surface area contributed by atoms with Crippen molar-refractivity contribution >= 4 is 0 Å². The molecule has 2 nitrogen and oxygen atoms in total. The highest BCUT2D eigenvalue weighted by atomic mass is 19.1. The van der Waals surface area contributed by atoms with Gasteiger partial charge in [0.15, 0.2) is 0 Å². The highest BCUT2D eigenvalue weighted by Crippen LogP contribution is 2.25. The van der Waals surface area contributed by atoms with Crippen LogP contribution < -0.4 is 4.74 Å². The summed E-state index contributed by atoms with van der Waals surface area (Å²) in [7, 11) is 0. The molecule has 16 heavy (non-hydrogen) atoms. The van der Waals surface area contributed by atoms with Crippen LogP contribution in [0.15, 0.2) is 29.8 Å². The van der Waals surface area contributed by atoms with E-state index in [-0.39, 0.29) is 5.82 Å². The summed E-state index contributed by atoms with van der Waals surface area (Å²) in [6.45, 7) is 5.96. The predicted octanol–water partition coefficient (Wildman–Crippen LogP) is 3.22. The number of hydrogen-bond donors (Lipinski definition) is 1. The Balaban J connectivity index is 2.82. The van der Waals surface area contributed by atoms with Crippen LogP contribution in [-0.4, -0.2) is 11.7 Å². The van der Waals surface area contributed by atoms with Crippen molar-refractivity contribution in [2.75, 3.05) is 6.61 Å². The second kappa shape index (κ2) is 5.66. The molecule has 3 heteroatoms. The van der Waals surface area contributed by atoms with Crippen LogP contribution in [0, 0.1) is 5.82 Å². The Morgan fingerprint density at radius 1 is 1.50 bits per heavy atom. The SMILES string of the molecule is CC(C)=CCOc1ccc(F)cc1[C@@H](C)O. The third-order valence-corrected chi connectivity index (χ3v) is 2.15. The fraction of sp³-hybridized carbons (Fsp3) is 0.385. The molecule has 0 radical (unpaired) electrons. The second-order valence-electron chi connectivity index (χ2n) is 3.95. The van der Waals surface area contributed by atoms with Crippen molar-refractivity contribution in [3.05, 3.63) is 41.2 Å². The lowest BCUT2D eigenvalue weighted by Gasteiger charge is -2.12. The van der Waals surface area contributed by atoms with Crippen LogP contribution in [0.3, 0.4) is 0 Å². The monoisotopic (exact) mass is 224 g/mol. The van der Waals surface area contributed by atoms with E-state index in [1.807, 2.05) is 19.9 Å². The molecule has 1 rings (SSSR count). The molecule has 1 aromatic rings. The van der Waals surface area contributed by atoms with Crippen molar-refractivity contribution in [3.63, 3.8) is 0 Å². The average molecular weight is 224 g/mol. The second-order valence-corrected chi connectivity index (χ2v) is 3.95. The van der Waals surface area contributed by atoms with Gasteiger partial charge in [0, 0.05) is 5.56 Å². The minimum atomic E-state index is -0.739. The first-order valence-electron chi connectivity index (χ1n) is 5.24. The van der Waals surface area contributed by atoms with E-state index >= 15 is 0 Å². The summed E-state index contributed by atoms with van der Waals surface area (Å²) in [5.41, 5.74) is 1.63. The molecule has 0 aliphatic rings. The van der Waals surface area contributed by atoms with Crippen molar-refractivity contribution < 1.29 is 14.2 Å². The molecule has 0 amide bonds. The number of hydrogen-bond acceptors (Lipinski definition) is 2. The highest BCUT2D eigenvalue weighted by molar-refractivity contribution is 5.35. The number of allylic oxidation sites excluding steroid dienone is 1. The van der Waals surface area contributed by atoms with Gasteiger partial charge in [0.05, 0.1) is 6.10 Å². The first-order chi connectivity index (χ1) is 7.50. The maximum absolute atomic E-state index is 13.0. The highest BCUT2D eigenvalue weighted by Gasteiger charge is 2.09. The van der Waals surface area contributed by atoms with Crippen molar-refractivity contribution in [2.24, 2.45) is 0 Å². The summed E-state index contributed by atoms with van der Waals surface area (Å²) in [4.78, 5) is 0. The molecular weight excluding hydrogens is 207 g/mol. The molecule has 0 aliphatic heterocycles. The van der Waals surface area contributed by atoms with Crippen LogP contribution in [0.1, 0.15) is 32.4 Å². The Kier molecular flexibility index (Phi) is 4.50. The summed E-state index contributed by atoms with van der Waals surface area (Å²) in [5.74, 6) is 0.152. The van der Waals surface area contributed by atoms with E-state index in [0.717, 1.165) is 5.57 Å². The molecule has 0 saturated carbocycles. The first-order valence-corrected chi connectivity index (χ1v) is 5.24. The topological polar surface area (TPSA) is 29.5 Å². The molecule has 88 valence electrons. The number of aliphatic hydroxyl groups is 1. The van der Waals surface area contributed by atoms with Crippen molar-refractivity contribution in [2.45, 2.75) is 26.9 Å². The Bertz CT molecular complexity index is 380. The van der Waals surface area contributed by atoms with E-state index in [9.17, 15) is 9.50 Å². The van der Waals surface area contributed by atoms with E-state index in [1.54, 1.807) is 6.92 Å². The molecule has 0 unspecified atom stereocenters. The fourth-order valence-electron chi connectivity index (χ4n) is 1.28. The maximum atomic E-state index is 13.0. The van der Waals surface area contributed by atoms with Gasteiger partial charge in [-0.3, -0.25) is 0 Å². The molecule has 0 saturated heterocycles. The molecule has 0 aliphatic carbocycles. The zero-order chi connectivity index (χ0) is 12.1. The van der Waals surface area contributed by atoms with Gasteiger partial charge in [-0.15, -0.1) is 0 Å². The number of rotatable bonds is 4. The molecule has 1 atom stereocenters. The molecule has 0 spiro atoms. The van der Waals surface area contributed by atoms with Crippen LogP contribution in [0.5, 0.6) is 5.75 Å². The quantitative estimate of drug-likeness (QED) is 0.796. The van der Waals surface area contributed by atoms with Gasteiger partial charge in [0.1, 0.15) is 18.2 Å². The molecule has 0 heterocycles. The van der Waals surface area contributed by atoms with Crippen molar-refractivity contribution in [1.82, 2.24) is 0 Å². The molecule has 0 aromatic heterocycles. The lowest BCUT2D eigenvalue weighted by molar-refractivity contribution is 0.192. The molecular formula is C13H17FO2. The van der Waals surface area contributed by atoms with E-state index in [0.29, 0.717) is 17.9 Å². The van der Waals surface area contributed by atoms with Crippen LogP contribution in [0.4, 0.5) is 4.39 Å². The van der Waals surface area contributed by atoms with Gasteiger partial charge >= 0.3 is 0 Å². The number of halogens is 1. The van der Waals surface area contributed by atoms with Gasteiger partial charge in [-0.1, -0.05) is 5.57 Å². The fourth-order valence-corrected chi connectivity index (χ4v) is 1.28. The number of aliphatic hydroxyl groups excluding tert-OH is 1. The van der Waals surface area contributed by atoms with Crippen LogP contribution in [-0.2, 0) is 0 Å². The minimum absolute atomic E-state index is 0.370. The summed E-state index contributed by atoms with van der Waals surface area (Å²) >= 11 is 0. The Hall–Kier alpha value is -1.35. The average Bonchev–Trinajstić information content (AvgIpc) is 2.19. The third-order valence-electron chi connectivity index (χ3n) is 2.15. The van der Waals surface area contributed by atoms with Gasteiger partial charge in [0.2, 0.25) is 0 Å². The minimum Gasteiger partial charge on any atom is -0.489 e. The largest absolute Gasteiger partial charge is 0.489 e. The zero-order valence-corrected chi connectivity index (χ0v) is 9.83. The Morgan fingerprint density at radius 3 is 2.75 bits per heavy atom. The third kappa shape index (κ3) is 3.66. The van der Waals surface area contributed by atoms with Crippen LogP contribution in [0.25, 0.3) is 0 Å². The Morgan fingerprint density at radius 2 is 2.19 bits per heavy atom. The maximum Gasteiger partial charge on any atom is 0.125 e. The van der Waals surface area contributed by atoms with E-state index < -0.39 is 6.10 Å². The molecule has 0 bridgehead atoms. The molecule has 1 aromatic carbocycles. The smallest absolute Gasteiger partial charge is 0.125 e. The lowest BCUT2D eigenvalue weighted by atomic mass is 10.1. The summed E-state index contributed by atoms with van der Waals surface area (Å²) < 4.78 is 18.4. The molecule has 0 fully saturated rings. The molecule has 1 N–H and O–H groups in total. The van der Waals surface area contributed by atoms with Gasteiger partial charge in [-0.05, 0) is 45.0 Å². The van der Waals surface area contributed by atoms with E-state index in [2.05, 4.69) is 0 Å². The van der Waals surface area contributed by atoms with Gasteiger partial charge in [0.25, 0.3) is 0 Å². The predicted molar refractivity (Wildman–Crippen MR) is 62.0 cm³/mol. The number of benzene rings is 1. The van der Waals surface area contributed by atoms with E-state index in [4.69, 9.17) is 4.74 Å². The van der Waals surface area contributed by atoms with Gasteiger partial charge in [-0.2, -0.15) is 0 Å².